The first-order valence-corrected chi connectivity index (χ1v) is 13.7. The fourth-order valence-electron chi connectivity index (χ4n) is 3.12. The quantitative estimate of drug-likeness (QED) is 0.195. The average Bonchev–Trinajstić information content (AvgIpc) is 3.08. The fraction of sp³-hybridized carbons (Fsp3) is 0.316. The molecule has 2 aromatic carbocycles. The Balaban J connectivity index is 1.80. The first-order valence-electron chi connectivity index (χ1n) is 9.71. The molecule has 1 aromatic heterocycles. The molecular weight excluding hydrogens is 478 g/mol. The van der Waals surface area contributed by atoms with Gasteiger partial charge >= 0.3 is 15.2 Å². The number of halogens is 1. The van der Waals surface area contributed by atoms with Crippen molar-refractivity contribution in [2.45, 2.75) is 19.9 Å². The summed E-state index contributed by atoms with van der Waals surface area (Å²) in [6.07, 6.45) is 1.76. The van der Waals surface area contributed by atoms with Gasteiger partial charge in [0.1, 0.15) is 5.52 Å². The van der Waals surface area contributed by atoms with Crippen molar-refractivity contribution in [2.75, 3.05) is 29.7 Å². The summed E-state index contributed by atoms with van der Waals surface area (Å²) in [6, 6.07) is 11.2. The van der Waals surface area contributed by atoms with E-state index in [0.717, 1.165) is 22.4 Å². The van der Waals surface area contributed by atoms with Crippen LogP contribution < -0.4 is 10.6 Å². The highest BCUT2D eigenvalue weighted by Crippen LogP contribution is 2.55. The predicted octanol–water partition coefficient (Wildman–Crippen LogP) is 4.76. The van der Waals surface area contributed by atoms with Crippen LogP contribution in [-0.2, 0) is 13.7 Å². The summed E-state index contributed by atoms with van der Waals surface area (Å²) in [6.45, 7) is 4.01. The van der Waals surface area contributed by atoms with Gasteiger partial charge in [-0.15, -0.1) is 0 Å². The van der Waals surface area contributed by atoms with Gasteiger partial charge in [0.15, 0.2) is 5.90 Å². The molecule has 32 heavy (non-hydrogen) atoms. The SMILES string of the molecule is CC(C)n1cnc2c(Nc3cccc(Cl)c3)cc(NCCOP(=O)(O)CP(=O)(O)O)cc21. The molecule has 0 saturated carbocycles. The van der Waals surface area contributed by atoms with Crippen LogP contribution in [0, 0.1) is 0 Å². The van der Waals surface area contributed by atoms with Crippen LogP contribution in [0.5, 0.6) is 0 Å². The number of nitrogens with zero attached hydrogens (tertiary/aromatic N) is 2. The lowest BCUT2D eigenvalue weighted by Crippen LogP contribution is -2.10. The molecule has 0 aliphatic rings. The van der Waals surface area contributed by atoms with E-state index < -0.39 is 21.1 Å². The van der Waals surface area contributed by atoms with E-state index in [-0.39, 0.29) is 19.2 Å². The van der Waals surface area contributed by atoms with Crippen molar-refractivity contribution in [1.82, 2.24) is 9.55 Å². The number of benzene rings is 2. The number of hydrogen-bond acceptors (Lipinski definition) is 6. The van der Waals surface area contributed by atoms with Gasteiger partial charge in [0.05, 0.1) is 24.1 Å². The second kappa shape index (κ2) is 9.93. The number of imidazole rings is 1. The molecule has 1 heterocycles. The minimum absolute atomic E-state index is 0.142. The molecule has 0 spiro atoms. The van der Waals surface area contributed by atoms with Gasteiger partial charge in [-0.2, -0.15) is 0 Å². The van der Waals surface area contributed by atoms with Crippen molar-refractivity contribution in [3.63, 3.8) is 0 Å². The molecule has 0 aliphatic heterocycles. The third-order valence-corrected chi connectivity index (χ3v) is 8.15. The number of nitrogens with one attached hydrogen (secondary N) is 2. The average molecular weight is 503 g/mol. The van der Waals surface area contributed by atoms with E-state index in [2.05, 4.69) is 15.6 Å². The van der Waals surface area contributed by atoms with Gasteiger partial charge in [0.2, 0.25) is 0 Å². The second-order valence-electron chi connectivity index (χ2n) is 7.48. The molecule has 1 unspecified atom stereocenters. The third-order valence-electron chi connectivity index (χ3n) is 4.43. The molecule has 0 aliphatic carbocycles. The number of hydrogen-bond donors (Lipinski definition) is 5. The summed E-state index contributed by atoms with van der Waals surface area (Å²) in [7, 11) is -9.05. The van der Waals surface area contributed by atoms with Gasteiger partial charge in [-0.1, -0.05) is 17.7 Å². The van der Waals surface area contributed by atoms with E-state index in [1.807, 2.05) is 42.7 Å². The number of aromatic nitrogens is 2. The van der Waals surface area contributed by atoms with Crippen molar-refractivity contribution >= 4 is 54.9 Å². The van der Waals surface area contributed by atoms with Crippen molar-refractivity contribution in [3.05, 3.63) is 47.7 Å². The Kier molecular flexibility index (Phi) is 7.68. The van der Waals surface area contributed by atoms with Crippen molar-refractivity contribution < 1.29 is 28.3 Å². The molecule has 0 amide bonds. The van der Waals surface area contributed by atoms with E-state index in [9.17, 15) is 14.0 Å². The molecular formula is C19H25ClN4O6P2. The lowest BCUT2D eigenvalue weighted by molar-refractivity contribution is 0.270. The van der Waals surface area contributed by atoms with Gasteiger partial charge in [-0.25, -0.2) is 4.98 Å². The van der Waals surface area contributed by atoms with Crippen LogP contribution in [0.4, 0.5) is 17.1 Å². The summed E-state index contributed by atoms with van der Waals surface area (Å²) in [5, 5.41) is 7.02. The van der Waals surface area contributed by atoms with Gasteiger partial charge in [-0.05, 0) is 44.2 Å². The summed E-state index contributed by atoms with van der Waals surface area (Å²) >= 11 is 6.09. The Labute approximate surface area is 190 Å². The van der Waals surface area contributed by atoms with Crippen LogP contribution in [0.15, 0.2) is 42.7 Å². The highest BCUT2D eigenvalue weighted by atomic mass is 35.5. The van der Waals surface area contributed by atoms with Gasteiger partial charge in [-0.3, -0.25) is 9.13 Å². The summed E-state index contributed by atoms with van der Waals surface area (Å²) in [5.41, 5.74) is 3.88. The Morgan fingerprint density at radius 2 is 1.91 bits per heavy atom. The number of rotatable bonds is 10. The first kappa shape index (κ1) is 24.7. The molecule has 0 fully saturated rings. The molecule has 3 aromatic rings. The van der Waals surface area contributed by atoms with Gasteiger partial charge in [0, 0.05) is 29.0 Å². The molecule has 13 heteroatoms. The molecule has 3 rings (SSSR count). The topological polar surface area (TPSA) is 146 Å². The summed E-state index contributed by atoms with van der Waals surface area (Å²) in [5.74, 6) is -1.22. The molecule has 5 N–H and O–H groups in total. The van der Waals surface area contributed by atoms with Crippen molar-refractivity contribution in [1.29, 1.82) is 0 Å². The maximum absolute atomic E-state index is 11.8. The third kappa shape index (κ3) is 6.80. The summed E-state index contributed by atoms with van der Waals surface area (Å²) in [4.78, 5) is 31.8. The maximum Gasteiger partial charge on any atom is 0.340 e. The normalized spacial score (nSPS) is 14.0. The Bertz CT molecular complexity index is 1200. The van der Waals surface area contributed by atoms with E-state index in [1.165, 1.54) is 0 Å². The largest absolute Gasteiger partial charge is 0.383 e. The Hall–Kier alpha value is -1.90. The lowest BCUT2D eigenvalue weighted by Gasteiger charge is -2.15. The van der Waals surface area contributed by atoms with E-state index in [4.69, 9.17) is 25.9 Å². The Morgan fingerprint density at radius 1 is 1.16 bits per heavy atom. The molecule has 0 bridgehead atoms. The van der Waals surface area contributed by atoms with Crippen LogP contribution in [0.3, 0.4) is 0 Å². The fourth-order valence-corrected chi connectivity index (χ4v) is 5.88. The number of anilines is 3. The first-order chi connectivity index (χ1) is 14.9. The highest BCUT2D eigenvalue weighted by molar-refractivity contribution is 7.70. The molecule has 0 radical (unpaired) electrons. The predicted molar refractivity (Wildman–Crippen MR) is 126 cm³/mol. The van der Waals surface area contributed by atoms with Crippen LogP contribution in [-0.4, -0.2) is 43.3 Å². The molecule has 0 saturated heterocycles. The van der Waals surface area contributed by atoms with E-state index in [0.29, 0.717) is 10.7 Å². The second-order valence-corrected chi connectivity index (χ2v) is 11.9. The van der Waals surface area contributed by atoms with Crippen LogP contribution in [0.1, 0.15) is 19.9 Å². The Morgan fingerprint density at radius 3 is 2.56 bits per heavy atom. The molecule has 174 valence electrons. The summed E-state index contributed by atoms with van der Waals surface area (Å²) < 4.78 is 29.5. The van der Waals surface area contributed by atoms with Gasteiger partial charge in [0.25, 0.3) is 0 Å². The van der Waals surface area contributed by atoms with Crippen molar-refractivity contribution in [2.24, 2.45) is 0 Å². The standard InChI is InChI=1S/C19H25ClN4O6P2/c1-13(2)24-11-22-19-17(23-15-5-3-4-14(20)8-15)9-16(10-18(19)24)21-6-7-30-32(28,29)12-31(25,26)27/h3-5,8-11,13,21,23H,6-7,12H2,1-2H3,(H,28,29)(H2,25,26,27). The maximum atomic E-state index is 11.8. The smallest absolute Gasteiger partial charge is 0.340 e. The van der Waals surface area contributed by atoms with Crippen LogP contribution >= 0.6 is 26.8 Å². The molecule has 1 atom stereocenters. The van der Waals surface area contributed by atoms with Gasteiger partial charge < -0.3 is 34.4 Å². The minimum atomic E-state index is -4.66. The minimum Gasteiger partial charge on any atom is -0.383 e. The van der Waals surface area contributed by atoms with Crippen LogP contribution in [0.25, 0.3) is 11.0 Å². The zero-order valence-corrected chi connectivity index (χ0v) is 20.0. The molecule has 10 nitrogen and oxygen atoms in total. The monoisotopic (exact) mass is 502 g/mol. The highest BCUT2D eigenvalue weighted by Gasteiger charge is 2.30. The van der Waals surface area contributed by atoms with Crippen LogP contribution in [0.2, 0.25) is 5.02 Å². The lowest BCUT2D eigenvalue weighted by atomic mass is 10.2. The van der Waals surface area contributed by atoms with E-state index >= 15 is 0 Å². The zero-order valence-electron chi connectivity index (χ0n) is 17.5. The number of fused-ring (bicyclic) bond motifs is 1. The van der Waals surface area contributed by atoms with E-state index in [1.54, 1.807) is 18.5 Å². The zero-order chi connectivity index (χ0) is 23.5. The van der Waals surface area contributed by atoms with Crippen molar-refractivity contribution in [3.8, 4) is 0 Å².